The summed E-state index contributed by atoms with van der Waals surface area (Å²) in [6.45, 7) is 11.0. The Morgan fingerprint density at radius 3 is 2.56 bits per heavy atom. The maximum atomic E-state index is 15.4. The van der Waals surface area contributed by atoms with Crippen molar-refractivity contribution in [3.63, 3.8) is 0 Å². The number of fused-ring (bicyclic) bond motifs is 2. The second-order valence-electron chi connectivity index (χ2n) is 21.0. The highest BCUT2D eigenvalue weighted by Crippen LogP contribution is 2.80. The molecule has 4 saturated carbocycles. The highest BCUT2D eigenvalue weighted by Gasteiger charge is 2.82. The van der Waals surface area contributed by atoms with Crippen LogP contribution in [-0.2, 0) is 9.53 Å². The Hall–Kier alpha value is -1.54. The Balaban J connectivity index is 1.24. The standard InChI is InChI=1S/C46H73N3O8/c1-6-7-8-9-10-28-24-57-38(27(28)3)40(54)42(5,55)34-14-16-46(56)39-36(49-22-26(2)50)37(53)31-19-32(51)33(52)21-44(31)25-43(30-11-12-35(47)48-23-30)15-13-29(20-41(34,46)4)45(39,44)18-17-43/h13,15,17-18,26-35,38-40,48,50-52,54-56H,6-12,14,16,19-25,47H2,1-5H3. The molecule has 9 aliphatic rings. The molecule has 0 amide bonds. The molecule has 9 N–H and O–H groups in total. The van der Waals surface area contributed by atoms with Gasteiger partial charge in [-0.25, -0.2) is 0 Å². The second kappa shape index (κ2) is 14.8. The highest BCUT2D eigenvalue weighted by molar-refractivity contribution is 6.43. The highest BCUT2D eigenvalue weighted by atomic mass is 16.5. The Bertz CT molecular complexity index is 1630. The summed E-state index contributed by atoms with van der Waals surface area (Å²) in [6.07, 6.45) is 14.1. The van der Waals surface area contributed by atoms with E-state index in [-0.39, 0.29) is 61.2 Å². The van der Waals surface area contributed by atoms with Crippen LogP contribution >= 0.6 is 0 Å². The van der Waals surface area contributed by atoms with Crippen LogP contribution in [0.4, 0.5) is 0 Å². The van der Waals surface area contributed by atoms with E-state index in [9.17, 15) is 30.6 Å². The first-order chi connectivity index (χ1) is 26.9. The first kappa shape index (κ1) is 42.2. The predicted molar refractivity (Wildman–Crippen MR) is 218 cm³/mol. The van der Waals surface area contributed by atoms with Crippen LogP contribution in [0.15, 0.2) is 29.3 Å². The van der Waals surface area contributed by atoms with Crippen molar-refractivity contribution in [3.05, 3.63) is 24.3 Å². The Labute approximate surface area is 340 Å². The normalized spacial score (nSPS) is 51.5. The summed E-state index contributed by atoms with van der Waals surface area (Å²) in [7, 11) is 0. The number of piperidine rings is 1. The third-order valence-electron chi connectivity index (χ3n) is 18.1. The van der Waals surface area contributed by atoms with Crippen LogP contribution < -0.4 is 11.1 Å². The fourth-order valence-electron chi connectivity index (χ4n) is 15.1. The monoisotopic (exact) mass is 796 g/mol. The van der Waals surface area contributed by atoms with Crippen molar-refractivity contribution in [1.29, 1.82) is 0 Å². The molecule has 320 valence electrons. The first-order valence-corrected chi connectivity index (χ1v) is 22.7. The molecule has 57 heavy (non-hydrogen) atoms. The number of nitrogens with one attached hydrogen (secondary N) is 1. The number of carbonyl (C=O) groups excluding carboxylic acids is 1. The predicted octanol–water partition coefficient (Wildman–Crippen LogP) is 3.81. The number of aliphatic hydroxyl groups excluding tert-OH is 4. The van der Waals surface area contributed by atoms with Gasteiger partial charge in [0, 0.05) is 34.6 Å². The van der Waals surface area contributed by atoms with Crippen molar-refractivity contribution in [2.24, 2.45) is 73.8 Å². The maximum absolute atomic E-state index is 15.4. The Morgan fingerprint density at radius 2 is 1.86 bits per heavy atom. The molecule has 2 heterocycles. The molecule has 2 bridgehead atoms. The molecule has 0 aromatic carbocycles. The van der Waals surface area contributed by atoms with Gasteiger partial charge in [-0.3, -0.25) is 9.79 Å². The molecule has 9 rings (SSSR count). The van der Waals surface area contributed by atoms with E-state index in [2.05, 4.69) is 50.4 Å². The van der Waals surface area contributed by atoms with Crippen molar-refractivity contribution in [2.75, 3.05) is 19.7 Å². The maximum Gasteiger partial charge on any atom is 0.180 e. The van der Waals surface area contributed by atoms with E-state index in [0.717, 1.165) is 25.7 Å². The summed E-state index contributed by atoms with van der Waals surface area (Å²) in [4.78, 5) is 20.3. The molecule has 0 aromatic heterocycles. The van der Waals surface area contributed by atoms with Crippen LogP contribution in [0.25, 0.3) is 0 Å². The van der Waals surface area contributed by atoms with Crippen molar-refractivity contribution in [1.82, 2.24) is 5.32 Å². The van der Waals surface area contributed by atoms with E-state index in [0.29, 0.717) is 38.3 Å². The number of nitrogens with two attached hydrogens (primary N) is 1. The molecular formula is C46H73N3O8. The van der Waals surface area contributed by atoms with Crippen LogP contribution in [0.1, 0.15) is 118 Å². The lowest BCUT2D eigenvalue weighted by molar-refractivity contribution is -0.256. The van der Waals surface area contributed by atoms with Gasteiger partial charge in [0.1, 0.15) is 6.10 Å². The fraction of sp³-hybridized carbons (Fsp3) is 0.870. The van der Waals surface area contributed by atoms with Crippen molar-refractivity contribution >= 4 is 11.5 Å². The minimum absolute atomic E-state index is 0.0100. The number of nitrogens with zero attached hydrogens (tertiary/aromatic N) is 1. The summed E-state index contributed by atoms with van der Waals surface area (Å²) in [6, 6.07) is 0. The van der Waals surface area contributed by atoms with Gasteiger partial charge in [-0.05, 0) is 107 Å². The minimum Gasteiger partial charge on any atom is -0.391 e. The molecule has 7 aliphatic carbocycles. The molecule has 19 unspecified atom stereocenters. The number of ketones is 1. The number of aliphatic hydroxyl groups is 6. The number of rotatable bonds is 11. The van der Waals surface area contributed by atoms with E-state index >= 15 is 4.79 Å². The van der Waals surface area contributed by atoms with Crippen molar-refractivity contribution in [2.45, 2.75) is 166 Å². The largest absolute Gasteiger partial charge is 0.391 e. The van der Waals surface area contributed by atoms with Crippen LogP contribution in [0.3, 0.4) is 0 Å². The fourth-order valence-corrected chi connectivity index (χ4v) is 15.1. The number of allylic oxidation sites excluding steroid dienone is 4. The smallest absolute Gasteiger partial charge is 0.180 e. The summed E-state index contributed by atoms with van der Waals surface area (Å²) in [5.41, 5.74) is 0.350. The van der Waals surface area contributed by atoms with Gasteiger partial charge >= 0.3 is 0 Å². The number of ether oxygens (including phenoxy) is 1. The Kier molecular flexibility index (Phi) is 11.0. The van der Waals surface area contributed by atoms with E-state index in [1.807, 2.05) is 0 Å². The van der Waals surface area contributed by atoms with Gasteiger partial charge in [-0.2, -0.15) is 0 Å². The average molecular weight is 796 g/mol. The molecule has 11 nitrogen and oxygen atoms in total. The number of hydrogen-bond donors (Lipinski definition) is 8. The van der Waals surface area contributed by atoms with Crippen LogP contribution in [0.5, 0.6) is 0 Å². The number of Topliss-reactive ketones (excluding diaryl/α,β-unsaturated/α-hetero) is 1. The van der Waals surface area contributed by atoms with Crippen LogP contribution in [0.2, 0.25) is 0 Å². The molecular weight excluding hydrogens is 723 g/mol. The zero-order valence-electron chi connectivity index (χ0n) is 35.2. The third kappa shape index (κ3) is 6.04. The summed E-state index contributed by atoms with van der Waals surface area (Å²) < 4.78 is 6.34. The van der Waals surface area contributed by atoms with Gasteiger partial charge in [0.15, 0.2) is 5.78 Å². The second-order valence-corrected chi connectivity index (χ2v) is 21.0. The molecule has 2 saturated heterocycles. The number of unbranched alkanes of at least 4 members (excludes halogenated alkanes) is 3. The Morgan fingerprint density at radius 1 is 1.09 bits per heavy atom. The molecule has 11 heteroatoms. The molecule has 19 atom stereocenters. The van der Waals surface area contributed by atoms with Gasteiger partial charge in [-0.1, -0.05) is 70.8 Å². The van der Waals surface area contributed by atoms with E-state index in [1.54, 1.807) is 13.8 Å². The number of carbonyl (C=O) groups is 1. The lowest BCUT2D eigenvalue weighted by Gasteiger charge is -2.73. The van der Waals surface area contributed by atoms with E-state index in [1.165, 1.54) is 19.3 Å². The topological polar surface area (TPSA) is 198 Å². The van der Waals surface area contributed by atoms with Gasteiger partial charge in [0.05, 0.1) is 60.6 Å². The quantitative estimate of drug-likeness (QED) is 0.113. The van der Waals surface area contributed by atoms with Gasteiger partial charge in [-0.15, -0.1) is 0 Å². The van der Waals surface area contributed by atoms with Gasteiger partial charge < -0.3 is 46.4 Å². The average Bonchev–Trinajstić information content (AvgIpc) is 3.57. The van der Waals surface area contributed by atoms with Crippen LogP contribution in [-0.4, -0.2) is 110 Å². The molecule has 6 fully saturated rings. The summed E-state index contributed by atoms with van der Waals surface area (Å²) >= 11 is 0. The zero-order chi connectivity index (χ0) is 40.9. The number of aliphatic imine (C=N–C) groups is 1. The molecule has 0 radical (unpaired) electrons. The van der Waals surface area contributed by atoms with Crippen molar-refractivity contribution < 1.29 is 40.2 Å². The lowest BCUT2D eigenvalue weighted by Crippen LogP contribution is -2.77. The summed E-state index contributed by atoms with van der Waals surface area (Å²) in [5, 5.41) is 75.9. The lowest BCUT2D eigenvalue weighted by atomic mass is 9.30. The molecule has 2 spiro atoms. The minimum atomic E-state index is -1.63. The number of hydrogen-bond acceptors (Lipinski definition) is 11. The van der Waals surface area contributed by atoms with Gasteiger partial charge in [0.2, 0.25) is 0 Å². The summed E-state index contributed by atoms with van der Waals surface area (Å²) in [5.74, 6) is -1.87. The zero-order valence-corrected chi connectivity index (χ0v) is 35.2. The molecule has 0 aromatic rings. The molecule has 2 aliphatic heterocycles. The van der Waals surface area contributed by atoms with E-state index in [4.69, 9.17) is 15.5 Å². The SMILES string of the molecule is CCCCCCC1COC(C(O)C(C)(O)C2CCC3(O)C4C(=NCC(C)O)C(=O)C5CC(O)C(O)CC56CC5(C7CCC(N)NC7)C=CC(CC23C)C46C=C5)C1C. The van der Waals surface area contributed by atoms with E-state index < -0.39 is 81.1 Å². The van der Waals surface area contributed by atoms with Gasteiger partial charge in [0.25, 0.3) is 0 Å². The van der Waals surface area contributed by atoms with Crippen molar-refractivity contribution in [3.8, 4) is 0 Å². The van der Waals surface area contributed by atoms with Crippen LogP contribution in [0, 0.1) is 63.1 Å². The third-order valence-corrected chi connectivity index (χ3v) is 18.1. The first-order valence-electron chi connectivity index (χ1n) is 22.7.